The lowest BCUT2D eigenvalue weighted by Gasteiger charge is -2.05. The first-order valence-electron chi connectivity index (χ1n) is 6.85. The summed E-state index contributed by atoms with van der Waals surface area (Å²) in [5, 5.41) is 4.55. The van der Waals surface area contributed by atoms with Crippen LogP contribution in [0.1, 0.15) is 26.2 Å². The molecule has 0 radical (unpaired) electrons. The van der Waals surface area contributed by atoms with E-state index in [1.165, 1.54) is 19.3 Å². The Bertz CT molecular complexity index is 687. The molecule has 0 bridgehead atoms. The fourth-order valence-corrected chi connectivity index (χ4v) is 2.36. The molecule has 0 fully saturated rings. The molecule has 4 nitrogen and oxygen atoms in total. The number of fused-ring (bicyclic) bond motifs is 3. The predicted molar refractivity (Wildman–Crippen MR) is 79.4 cm³/mol. The summed E-state index contributed by atoms with van der Waals surface area (Å²) < 4.78 is 0. The molecular formula is C15H18N4. The second-order valence-electron chi connectivity index (χ2n) is 4.75. The maximum atomic E-state index is 4.39. The van der Waals surface area contributed by atoms with Gasteiger partial charge in [0.05, 0.1) is 0 Å². The highest BCUT2D eigenvalue weighted by molar-refractivity contribution is 6.07. The minimum atomic E-state index is 0.900. The molecule has 0 aliphatic carbocycles. The molecule has 0 amide bonds. The van der Waals surface area contributed by atoms with Gasteiger partial charge in [0.1, 0.15) is 17.4 Å². The summed E-state index contributed by atoms with van der Waals surface area (Å²) in [5.74, 6) is 0.900. The van der Waals surface area contributed by atoms with Gasteiger partial charge in [-0.1, -0.05) is 38.0 Å². The van der Waals surface area contributed by atoms with Gasteiger partial charge in [0.15, 0.2) is 5.82 Å². The fourth-order valence-electron chi connectivity index (χ4n) is 2.36. The van der Waals surface area contributed by atoms with Crippen LogP contribution in [-0.4, -0.2) is 21.5 Å². The van der Waals surface area contributed by atoms with Crippen molar-refractivity contribution in [3.05, 3.63) is 30.6 Å². The van der Waals surface area contributed by atoms with E-state index in [2.05, 4.69) is 39.3 Å². The molecule has 0 unspecified atom stereocenters. The van der Waals surface area contributed by atoms with Gasteiger partial charge in [-0.3, -0.25) is 0 Å². The predicted octanol–water partition coefficient (Wildman–Crippen LogP) is 3.71. The standard InChI is InChI=1S/C15H18N4/c1-2-3-6-9-16-15-14-13(17-10-18-15)11-7-4-5-8-12(11)19-14/h4-5,7-8,10,19H,2-3,6,9H2,1H3,(H,16,17,18). The SMILES string of the molecule is CCCCCNc1ncnc2c1[nH]c1ccccc12. The van der Waals surface area contributed by atoms with Crippen molar-refractivity contribution < 1.29 is 0 Å². The van der Waals surface area contributed by atoms with Crippen LogP contribution >= 0.6 is 0 Å². The Kier molecular flexibility index (Phi) is 3.31. The van der Waals surface area contributed by atoms with Crippen molar-refractivity contribution in [3.63, 3.8) is 0 Å². The lowest BCUT2D eigenvalue weighted by atomic mass is 10.2. The van der Waals surface area contributed by atoms with Crippen LogP contribution < -0.4 is 5.32 Å². The number of aromatic nitrogens is 3. The number of rotatable bonds is 5. The molecule has 4 heteroatoms. The summed E-state index contributed by atoms with van der Waals surface area (Å²) in [6.07, 6.45) is 5.27. The van der Waals surface area contributed by atoms with E-state index in [1.807, 2.05) is 12.1 Å². The molecule has 1 aromatic carbocycles. The molecule has 98 valence electrons. The van der Waals surface area contributed by atoms with Crippen LogP contribution in [0.15, 0.2) is 30.6 Å². The maximum Gasteiger partial charge on any atom is 0.153 e. The molecule has 2 N–H and O–H groups in total. The van der Waals surface area contributed by atoms with Crippen molar-refractivity contribution >= 4 is 27.8 Å². The number of anilines is 1. The third-order valence-corrected chi connectivity index (χ3v) is 3.36. The molecule has 0 aliphatic rings. The number of nitrogens with one attached hydrogen (secondary N) is 2. The van der Waals surface area contributed by atoms with Crippen LogP contribution in [0.4, 0.5) is 5.82 Å². The first-order valence-corrected chi connectivity index (χ1v) is 6.85. The zero-order chi connectivity index (χ0) is 13.1. The summed E-state index contributed by atoms with van der Waals surface area (Å²) in [6, 6.07) is 8.21. The molecule has 2 heterocycles. The van der Waals surface area contributed by atoms with E-state index >= 15 is 0 Å². The fraction of sp³-hybridized carbons (Fsp3) is 0.333. The Morgan fingerprint density at radius 1 is 1.16 bits per heavy atom. The first-order chi connectivity index (χ1) is 9.40. The number of para-hydroxylation sites is 1. The lowest BCUT2D eigenvalue weighted by Crippen LogP contribution is -2.04. The lowest BCUT2D eigenvalue weighted by molar-refractivity contribution is 0.742. The summed E-state index contributed by atoms with van der Waals surface area (Å²) >= 11 is 0. The number of H-pyrrole nitrogens is 1. The average molecular weight is 254 g/mol. The number of nitrogens with zero attached hydrogens (tertiary/aromatic N) is 2. The maximum absolute atomic E-state index is 4.39. The van der Waals surface area contributed by atoms with Crippen LogP contribution in [0.2, 0.25) is 0 Å². The van der Waals surface area contributed by atoms with Crippen LogP contribution in [0, 0.1) is 0 Å². The van der Waals surface area contributed by atoms with Gasteiger partial charge >= 0.3 is 0 Å². The molecule has 0 atom stereocenters. The molecule has 19 heavy (non-hydrogen) atoms. The van der Waals surface area contributed by atoms with Crippen molar-refractivity contribution in [1.29, 1.82) is 0 Å². The highest BCUT2D eigenvalue weighted by atomic mass is 15.0. The number of unbranched alkanes of at least 4 members (excludes halogenated alkanes) is 2. The van der Waals surface area contributed by atoms with Crippen molar-refractivity contribution in [2.45, 2.75) is 26.2 Å². The van der Waals surface area contributed by atoms with E-state index in [0.29, 0.717) is 0 Å². The highest BCUT2D eigenvalue weighted by Gasteiger charge is 2.09. The van der Waals surface area contributed by atoms with Crippen molar-refractivity contribution in [2.24, 2.45) is 0 Å². The number of aromatic amines is 1. The van der Waals surface area contributed by atoms with Crippen molar-refractivity contribution in [3.8, 4) is 0 Å². The van der Waals surface area contributed by atoms with Gasteiger partial charge in [-0.2, -0.15) is 0 Å². The molecule has 3 rings (SSSR count). The number of hydrogen-bond donors (Lipinski definition) is 2. The highest BCUT2D eigenvalue weighted by Crippen LogP contribution is 2.26. The Morgan fingerprint density at radius 2 is 2.05 bits per heavy atom. The summed E-state index contributed by atoms with van der Waals surface area (Å²) in [7, 11) is 0. The monoisotopic (exact) mass is 254 g/mol. The van der Waals surface area contributed by atoms with E-state index in [4.69, 9.17) is 0 Å². The van der Waals surface area contributed by atoms with Gasteiger partial charge in [-0.25, -0.2) is 9.97 Å². The number of hydrogen-bond acceptors (Lipinski definition) is 3. The van der Waals surface area contributed by atoms with Gasteiger partial charge in [0.25, 0.3) is 0 Å². The van der Waals surface area contributed by atoms with Crippen LogP contribution in [0.25, 0.3) is 21.9 Å². The van der Waals surface area contributed by atoms with Gasteiger partial charge in [-0.05, 0) is 12.5 Å². The van der Waals surface area contributed by atoms with E-state index in [1.54, 1.807) is 6.33 Å². The Hall–Kier alpha value is -2.10. The van der Waals surface area contributed by atoms with E-state index < -0.39 is 0 Å². The third-order valence-electron chi connectivity index (χ3n) is 3.36. The minimum absolute atomic E-state index is 0.900. The molecule has 0 spiro atoms. The van der Waals surface area contributed by atoms with Crippen LogP contribution in [0.3, 0.4) is 0 Å². The molecule has 2 aromatic heterocycles. The largest absolute Gasteiger partial charge is 0.368 e. The zero-order valence-corrected chi connectivity index (χ0v) is 11.1. The molecule has 0 saturated carbocycles. The summed E-state index contributed by atoms with van der Waals surface area (Å²) in [6.45, 7) is 3.16. The molecule has 0 aliphatic heterocycles. The smallest absolute Gasteiger partial charge is 0.153 e. The van der Waals surface area contributed by atoms with E-state index in [0.717, 1.165) is 34.3 Å². The van der Waals surface area contributed by atoms with Crippen LogP contribution in [0.5, 0.6) is 0 Å². The van der Waals surface area contributed by atoms with Crippen molar-refractivity contribution in [1.82, 2.24) is 15.0 Å². The molecular weight excluding hydrogens is 236 g/mol. The van der Waals surface area contributed by atoms with Gasteiger partial charge in [0, 0.05) is 17.4 Å². The van der Waals surface area contributed by atoms with Gasteiger partial charge in [0.2, 0.25) is 0 Å². The number of benzene rings is 1. The Labute approximate surface area is 112 Å². The normalized spacial score (nSPS) is 11.2. The summed E-state index contributed by atoms with van der Waals surface area (Å²) in [4.78, 5) is 12.1. The third kappa shape index (κ3) is 2.26. The summed E-state index contributed by atoms with van der Waals surface area (Å²) in [5.41, 5.74) is 3.10. The van der Waals surface area contributed by atoms with E-state index in [9.17, 15) is 0 Å². The van der Waals surface area contributed by atoms with Gasteiger partial charge < -0.3 is 10.3 Å². The molecule has 3 aromatic rings. The quantitative estimate of drug-likeness (QED) is 0.682. The van der Waals surface area contributed by atoms with Crippen molar-refractivity contribution in [2.75, 3.05) is 11.9 Å². The van der Waals surface area contributed by atoms with Gasteiger partial charge in [-0.15, -0.1) is 0 Å². The Balaban J connectivity index is 1.96. The molecule has 0 saturated heterocycles. The zero-order valence-electron chi connectivity index (χ0n) is 11.1. The second-order valence-corrected chi connectivity index (χ2v) is 4.75. The topological polar surface area (TPSA) is 53.6 Å². The average Bonchev–Trinajstić information content (AvgIpc) is 2.83. The first kappa shape index (κ1) is 12.0. The minimum Gasteiger partial charge on any atom is -0.368 e. The van der Waals surface area contributed by atoms with Crippen LogP contribution in [-0.2, 0) is 0 Å². The Morgan fingerprint density at radius 3 is 2.95 bits per heavy atom. The second kappa shape index (κ2) is 5.26. The van der Waals surface area contributed by atoms with E-state index in [-0.39, 0.29) is 0 Å².